The second kappa shape index (κ2) is 7.11. The Labute approximate surface area is 169 Å². The topological polar surface area (TPSA) is 106 Å². The Bertz CT molecular complexity index is 971. The van der Waals surface area contributed by atoms with Gasteiger partial charge in [0.1, 0.15) is 5.82 Å². The summed E-state index contributed by atoms with van der Waals surface area (Å²) >= 11 is 0. The summed E-state index contributed by atoms with van der Waals surface area (Å²) in [4.78, 5) is 19.7. The molecule has 1 aliphatic heterocycles. The first-order valence-electron chi connectivity index (χ1n) is 10.2. The summed E-state index contributed by atoms with van der Waals surface area (Å²) in [5.41, 5.74) is 8.38. The van der Waals surface area contributed by atoms with Gasteiger partial charge >= 0.3 is 0 Å². The van der Waals surface area contributed by atoms with Gasteiger partial charge in [-0.1, -0.05) is 6.07 Å². The summed E-state index contributed by atoms with van der Waals surface area (Å²) in [6, 6.07) is 4.17. The van der Waals surface area contributed by atoms with Gasteiger partial charge in [0.05, 0.1) is 23.7 Å². The molecule has 8 nitrogen and oxygen atoms in total. The maximum Gasteiger partial charge on any atom is 0.219 e. The second-order valence-electron chi connectivity index (χ2n) is 8.00. The lowest BCUT2D eigenvalue weighted by molar-refractivity contribution is 0.145. The minimum Gasteiger partial charge on any atom is -0.393 e. The number of aromatic nitrogens is 5. The minimum absolute atomic E-state index is 0.0797. The van der Waals surface area contributed by atoms with Crippen molar-refractivity contribution in [3.05, 3.63) is 48.8 Å². The Morgan fingerprint density at radius 2 is 1.76 bits per heavy atom. The molecule has 2 aliphatic rings. The Morgan fingerprint density at radius 1 is 1.00 bits per heavy atom. The molecule has 29 heavy (non-hydrogen) atoms. The lowest BCUT2D eigenvalue weighted by Gasteiger charge is -2.43. The molecule has 0 unspecified atom stereocenters. The highest BCUT2D eigenvalue weighted by molar-refractivity contribution is 5.57. The van der Waals surface area contributed by atoms with Crippen LogP contribution < -0.4 is 10.6 Å². The normalized spacial score (nSPS) is 19.1. The quantitative estimate of drug-likeness (QED) is 0.702. The van der Waals surface area contributed by atoms with Gasteiger partial charge in [-0.15, -0.1) is 0 Å². The van der Waals surface area contributed by atoms with Crippen LogP contribution in [0, 0.1) is 0 Å². The van der Waals surface area contributed by atoms with Gasteiger partial charge in [0.15, 0.2) is 0 Å². The van der Waals surface area contributed by atoms with E-state index in [1.54, 1.807) is 12.4 Å². The average Bonchev–Trinajstić information content (AvgIpc) is 3.19. The van der Waals surface area contributed by atoms with Crippen LogP contribution in [0.2, 0.25) is 0 Å². The number of pyridine rings is 1. The van der Waals surface area contributed by atoms with Crippen molar-refractivity contribution in [2.24, 2.45) is 0 Å². The van der Waals surface area contributed by atoms with Crippen molar-refractivity contribution < 1.29 is 5.11 Å². The molecule has 5 rings (SSSR count). The number of hydrogen-bond acceptors (Lipinski definition) is 7. The lowest BCUT2D eigenvalue weighted by Crippen LogP contribution is -2.41. The first-order valence-corrected chi connectivity index (χ1v) is 10.2. The van der Waals surface area contributed by atoms with E-state index in [0.29, 0.717) is 0 Å². The Morgan fingerprint density at radius 3 is 2.38 bits per heavy atom. The molecule has 0 aromatic carbocycles. The number of nitrogens with zero attached hydrogens (tertiary/aromatic N) is 6. The highest BCUT2D eigenvalue weighted by atomic mass is 16.3. The van der Waals surface area contributed by atoms with Crippen LogP contribution in [0.25, 0.3) is 11.3 Å². The third kappa shape index (κ3) is 3.23. The molecule has 8 heteroatoms. The standard InChI is InChI=1S/C21H25N7O/c22-20-24-10-15(11-25-20)18-3-2-16(12-23-18)21(6-1-7-21)28-13-19(26-14-28)27-8-4-17(29)5-9-27/h2-3,10-14,17,29H,1,4-9H2,(H2,22,24,25). The van der Waals surface area contributed by atoms with Crippen LogP contribution in [-0.2, 0) is 5.54 Å². The minimum atomic E-state index is -0.178. The van der Waals surface area contributed by atoms with Crippen LogP contribution in [-0.4, -0.2) is 48.8 Å². The van der Waals surface area contributed by atoms with E-state index < -0.39 is 0 Å². The van der Waals surface area contributed by atoms with Crippen molar-refractivity contribution in [1.82, 2.24) is 24.5 Å². The zero-order chi connectivity index (χ0) is 19.8. The fraction of sp³-hybridized carbons (Fsp3) is 0.429. The molecule has 3 aromatic rings. The van der Waals surface area contributed by atoms with Gasteiger partial charge in [-0.2, -0.15) is 0 Å². The van der Waals surface area contributed by atoms with Crippen LogP contribution in [0.1, 0.15) is 37.7 Å². The van der Waals surface area contributed by atoms with E-state index in [-0.39, 0.29) is 17.6 Å². The summed E-state index contributed by atoms with van der Waals surface area (Å²) in [6.45, 7) is 1.70. The predicted molar refractivity (Wildman–Crippen MR) is 110 cm³/mol. The molecule has 4 heterocycles. The first-order chi connectivity index (χ1) is 14.1. The van der Waals surface area contributed by atoms with Gasteiger partial charge in [-0.3, -0.25) is 4.98 Å². The zero-order valence-electron chi connectivity index (χ0n) is 16.3. The molecule has 1 saturated carbocycles. The van der Waals surface area contributed by atoms with Crippen molar-refractivity contribution in [2.45, 2.75) is 43.7 Å². The van der Waals surface area contributed by atoms with Crippen LogP contribution in [0.15, 0.2) is 43.2 Å². The number of aliphatic hydroxyl groups is 1. The predicted octanol–water partition coefficient (Wildman–Crippen LogP) is 2.21. The fourth-order valence-electron chi connectivity index (χ4n) is 4.32. The molecule has 0 spiro atoms. The third-order valence-corrected chi connectivity index (χ3v) is 6.30. The molecule has 0 amide bonds. The van der Waals surface area contributed by atoms with Crippen molar-refractivity contribution in [3.8, 4) is 11.3 Å². The van der Waals surface area contributed by atoms with E-state index in [4.69, 9.17) is 5.73 Å². The summed E-state index contributed by atoms with van der Waals surface area (Å²) in [6.07, 6.45) is 14.2. The third-order valence-electron chi connectivity index (χ3n) is 6.30. The van der Waals surface area contributed by atoms with Gasteiger partial charge in [-0.05, 0) is 43.7 Å². The molecule has 0 bridgehead atoms. The van der Waals surface area contributed by atoms with Crippen LogP contribution >= 0.6 is 0 Å². The Balaban J connectivity index is 1.40. The van der Waals surface area contributed by atoms with Crippen molar-refractivity contribution >= 4 is 11.8 Å². The molecule has 0 atom stereocenters. The van der Waals surface area contributed by atoms with E-state index in [2.05, 4.69) is 41.7 Å². The molecule has 1 saturated heterocycles. The van der Waals surface area contributed by atoms with Gasteiger partial charge in [0.25, 0.3) is 0 Å². The smallest absolute Gasteiger partial charge is 0.219 e. The molecule has 0 radical (unpaired) electrons. The number of rotatable bonds is 4. The number of piperidine rings is 1. The van der Waals surface area contributed by atoms with E-state index in [9.17, 15) is 5.11 Å². The second-order valence-corrected chi connectivity index (χ2v) is 8.00. The number of aliphatic hydroxyl groups excluding tert-OH is 1. The van der Waals surface area contributed by atoms with E-state index in [1.807, 2.05) is 18.6 Å². The van der Waals surface area contributed by atoms with Gasteiger partial charge < -0.3 is 20.3 Å². The largest absolute Gasteiger partial charge is 0.393 e. The summed E-state index contributed by atoms with van der Waals surface area (Å²) in [5.74, 6) is 1.25. The molecule has 3 aromatic heterocycles. The SMILES string of the molecule is Nc1ncc(-c2ccc(C3(n4cnc(N5CCC(O)CC5)c4)CCC3)cn2)cn1. The summed E-state index contributed by atoms with van der Waals surface area (Å²) < 4.78 is 2.25. The molecule has 3 N–H and O–H groups in total. The lowest BCUT2D eigenvalue weighted by atomic mass is 9.72. The number of anilines is 2. The van der Waals surface area contributed by atoms with Gasteiger partial charge in [0.2, 0.25) is 5.95 Å². The van der Waals surface area contributed by atoms with Gasteiger partial charge in [0, 0.05) is 43.4 Å². The van der Waals surface area contributed by atoms with Crippen LogP contribution in [0.4, 0.5) is 11.8 Å². The Kier molecular flexibility index (Phi) is 4.43. The molecule has 2 fully saturated rings. The number of nitrogen functional groups attached to an aromatic ring is 1. The molecular formula is C21H25N7O. The van der Waals surface area contributed by atoms with E-state index in [1.165, 1.54) is 12.0 Å². The van der Waals surface area contributed by atoms with Crippen molar-refractivity contribution in [1.29, 1.82) is 0 Å². The van der Waals surface area contributed by atoms with Crippen molar-refractivity contribution in [3.63, 3.8) is 0 Å². The average molecular weight is 391 g/mol. The monoisotopic (exact) mass is 391 g/mol. The molecule has 150 valence electrons. The molecular weight excluding hydrogens is 366 g/mol. The van der Waals surface area contributed by atoms with Crippen molar-refractivity contribution in [2.75, 3.05) is 23.7 Å². The number of imidazole rings is 1. The van der Waals surface area contributed by atoms with E-state index in [0.717, 1.165) is 55.8 Å². The van der Waals surface area contributed by atoms with E-state index >= 15 is 0 Å². The van der Waals surface area contributed by atoms with Crippen LogP contribution in [0.5, 0.6) is 0 Å². The fourth-order valence-corrected chi connectivity index (χ4v) is 4.32. The highest BCUT2D eigenvalue weighted by Crippen LogP contribution is 2.45. The van der Waals surface area contributed by atoms with Crippen LogP contribution in [0.3, 0.4) is 0 Å². The Hall–Kier alpha value is -3.00. The molecule has 1 aliphatic carbocycles. The summed E-state index contributed by atoms with van der Waals surface area (Å²) in [7, 11) is 0. The summed E-state index contributed by atoms with van der Waals surface area (Å²) in [5, 5.41) is 9.75. The highest BCUT2D eigenvalue weighted by Gasteiger charge is 2.41. The number of hydrogen-bond donors (Lipinski definition) is 2. The first kappa shape index (κ1) is 18.1. The maximum atomic E-state index is 9.75. The maximum absolute atomic E-state index is 9.75. The number of nitrogens with two attached hydrogens (primary N) is 1. The van der Waals surface area contributed by atoms with Gasteiger partial charge in [-0.25, -0.2) is 15.0 Å². The zero-order valence-corrected chi connectivity index (χ0v) is 16.3.